The van der Waals surface area contributed by atoms with E-state index in [0.29, 0.717) is 10.7 Å². The van der Waals surface area contributed by atoms with Crippen LogP contribution in [-0.2, 0) is 24.0 Å². The molecule has 2 N–H and O–H groups in total. The van der Waals surface area contributed by atoms with Crippen LogP contribution in [0, 0.1) is 0 Å². The second-order valence-corrected chi connectivity index (χ2v) is 8.97. The zero-order valence-electron chi connectivity index (χ0n) is 17.3. The van der Waals surface area contributed by atoms with Crippen molar-refractivity contribution in [1.29, 1.82) is 0 Å². The first kappa shape index (κ1) is 21.8. The van der Waals surface area contributed by atoms with E-state index in [1.807, 2.05) is 12.1 Å². The molecule has 0 amide bonds. The molecule has 0 aliphatic heterocycles. The number of fused-ring (bicyclic) bond motifs is 1. The van der Waals surface area contributed by atoms with E-state index >= 15 is 0 Å². The second kappa shape index (κ2) is 10.7. The van der Waals surface area contributed by atoms with Crippen LogP contribution in [0.4, 0.5) is 10.7 Å². The van der Waals surface area contributed by atoms with Gasteiger partial charge in [0.05, 0.1) is 12.7 Å². The molecule has 0 saturated carbocycles. The van der Waals surface area contributed by atoms with Crippen LogP contribution in [0.3, 0.4) is 0 Å². The van der Waals surface area contributed by atoms with Crippen LogP contribution in [0.5, 0.6) is 0 Å². The number of hydrogen-bond donors (Lipinski definition) is 2. The number of esters is 1. The van der Waals surface area contributed by atoms with Crippen LogP contribution in [0.15, 0.2) is 24.3 Å². The zero-order chi connectivity index (χ0) is 20.6. The van der Waals surface area contributed by atoms with Crippen LogP contribution in [0.2, 0.25) is 0 Å². The number of para-hydroxylation sites is 1. The molecular formula is C23H30N2O2S2. The van der Waals surface area contributed by atoms with Crippen LogP contribution in [0.1, 0.15) is 71.8 Å². The van der Waals surface area contributed by atoms with Crippen molar-refractivity contribution in [3.63, 3.8) is 0 Å². The molecule has 29 heavy (non-hydrogen) atoms. The minimum Gasteiger partial charge on any atom is -0.465 e. The maximum absolute atomic E-state index is 12.6. The van der Waals surface area contributed by atoms with Gasteiger partial charge < -0.3 is 15.4 Å². The fourth-order valence-electron chi connectivity index (χ4n) is 3.81. The van der Waals surface area contributed by atoms with Gasteiger partial charge in [-0.1, -0.05) is 44.4 Å². The highest BCUT2D eigenvalue weighted by Crippen LogP contribution is 2.37. The summed E-state index contributed by atoms with van der Waals surface area (Å²) >= 11 is 7.24. The molecule has 6 heteroatoms. The number of thiophene rings is 1. The van der Waals surface area contributed by atoms with Crippen molar-refractivity contribution in [3.8, 4) is 0 Å². The summed E-state index contributed by atoms with van der Waals surface area (Å²) in [4.78, 5) is 13.8. The van der Waals surface area contributed by atoms with E-state index in [2.05, 4.69) is 29.7 Å². The molecule has 0 bridgehead atoms. The van der Waals surface area contributed by atoms with Crippen molar-refractivity contribution in [2.75, 3.05) is 17.7 Å². The number of methoxy groups -OCH3 is 1. The first-order valence-electron chi connectivity index (χ1n) is 10.5. The third-order valence-corrected chi connectivity index (χ3v) is 6.76. The molecule has 0 spiro atoms. The predicted octanol–water partition coefficient (Wildman–Crippen LogP) is 6.35. The molecule has 0 atom stereocenters. The van der Waals surface area contributed by atoms with Crippen molar-refractivity contribution in [3.05, 3.63) is 45.8 Å². The molecule has 1 aromatic carbocycles. The molecule has 3 rings (SSSR count). The fraction of sp³-hybridized carbons (Fsp3) is 0.478. The summed E-state index contributed by atoms with van der Waals surface area (Å²) in [5.74, 6) is -0.281. The Bertz CT molecular complexity index is 861. The van der Waals surface area contributed by atoms with Gasteiger partial charge in [-0.3, -0.25) is 0 Å². The standard InChI is InChI=1S/C23H30N2O2S2/c1-3-4-11-16-12-9-10-14-18(16)24-23(28)25-21-20(22(26)27-2)17-13-7-5-6-8-15-19(17)29-21/h9-10,12,14H,3-8,11,13,15H2,1-2H3,(H2,24,25,28). The monoisotopic (exact) mass is 430 g/mol. The van der Waals surface area contributed by atoms with Crippen LogP contribution in [0.25, 0.3) is 0 Å². The molecule has 0 fully saturated rings. The highest BCUT2D eigenvalue weighted by atomic mass is 32.1. The van der Waals surface area contributed by atoms with E-state index in [1.54, 1.807) is 11.3 Å². The Labute approximate surface area is 183 Å². The largest absolute Gasteiger partial charge is 0.465 e. The average molecular weight is 431 g/mol. The SMILES string of the molecule is CCCCc1ccccc1NC(=S)Nc1sc2c(c1C(=O)OC)CCCCCC2. The minimum absolute atomic E-state index is 0.281. The van der Waals surface area contributed by atoms with Crippen molar-refractivity contribution >= 4 is 45.3 Å². The third kappa shape index (κ3) is 5.58. The number of rotatable bonds is 6. The maximum Gasteiger partial charge on any atom is 0.341 e. The van der Waals surface area contributed by atoms with E-state index in [9.17, 15) is 4.79 Å². The molecule has 0 radical (unpaired) electrons. The van der Waals surface area contributed by atoms with Gasteiger partial charge in [0.1, 0.15) is 5.00 Å². The molecule has 1 aliphatic carbocycles. The van der Waals surface area contributed by atoms with Crippen LogP contribution in [-0.4, -0.2) is 18.2 Å². The van der Waals surface area contributed by atoms with E-state index in [0.717, 1.165) is 54.8 Å². The summed E-state index contributed by atoms with van der Waals surface area (Å²) in [6.45, 7) is 2.19. The Morgan fingerprint density at radius 2 is 1.90 bits per heavy atom. The molecule has 4 nitrogen and oxygen atoms in total. The van der Waals surface area contributed by atoms with E-state index in [-0.39, 0.29) is 5.97 Å². The van der Waals surface area contributed by atoms with Crippen molar-refractivity contribution in [1.82, 2.24) is 0 Å². The molecule has 1 aliphatic rings. The summed E-state index contributed by atoms with van der Waals surface area (Å²) in [6.07, 6.45) is 10.0. The molecule has 0 unspecified atom stereocenters. The number of benzene rings is 1. The maximum atomic E-state index is 12.6. The zero-order valence-corrected chi connectivity index (χ0v) is 18.9. The van der Waals surface area contributed by atoms with Gasteiger partial charge in [0.2, 0.25) is 0 Å². The lowest BCUT2D eigenvalue weighted by Crippen LogP contribution is -2.21. The number of nitrogens with one attached hydrogen (secondary N) is 2. The van der Waals surface area contributed by atoms with E-state index in [4.69, 9.17) is 17.0 Å². The van der Waals surface area contributed by atoms with Gasteiger partial charge in [-0.2, -0.15) is 0 Å². The van der Waals surface area contributed by atoms with E-state index in [1.165, 1.54) is 36.8 Å². The normalized spacial score (nSPS) is 13.7. The second-order valence-electron chi connectivity index (χ2n) is 7.45. The predicted molar refractivity (Wildman–Crippen MR) is 126 cm³/mol. The number of unbranched alkanes of at least 4 members (excludes halogenated alkanes) is 1. The Hall–Kier alpha value is -1.92. The number of carbonyl (C=O) groups is 1. The summed E-state index contributed by atoms with van der Waals surface area (Å²) in [5, 5.41) is 7.93. The quantitative estimate of drug-likeness (QED) is 0.413. The summed E-state index contributed by atoms with van der Waals surface area (Å²) < 4.78 is 5.10. The minimum atomic E-state index is -0.281. The van der Waals surface area contributed by atoms with E-state index < -0.39 is 0 Å². The Balaban J connectivity index is 1.81. The fourth-order valence-corrected chi connectivity index (χ4v) is 5.37. The summed E-state index contributed by atoms with van der Waals surface area (Å²) in [7, 11) is 1.44. The first-order valence-corrected chi connectivity index (χ1v) is 11.7. The Morgan fingerprint density at radius 3 is 2.66 bits per heavy atom. The number of anilines is 2. The highest BCUT2D eigenvalue weighted by molar-refractivity contribution is 7.80. The van der Waals surface area contributed by atoms with Gasteiger partial charge in [0.25, 0.3) is 0 Å². The van der Waals surface area contributed by atoms with Crippen molar-refractivity contribution < 1.29 is 9.53 Å². The number of hydrogen-bond acceptors (Lipinski definition) is 4. The Morgan fingerprint density at radius 1 is 1.14 bits per heavy atom. The lowest BCUT2D eigenvalue weighted by molar-refractivity contribution is 0.0601. The van der Waals surface area contributed by atoms with Gasteiger partial charge in [0, 0.05) is 10.6 Å². The molecule has 1 aromatic heterocycles. The molecular weight excluding hydrogens is 400 g/mol. The van der Waals surface area contributed by atoms with Gasteiger partial charge in [-0.05, 0) is 67.9 Å². The number of carbonyl (C=O) groups excluding carboxylic acids is 1. The number of ether oxygens (including phenoxy) is 1. The lowest BCUT2D eigenvalue weighted by atomic mass is 9.96. The topological polar surface area (TPSA) is 50.4 Å². The first-order chi connectivity index (χ1) is 14.1. The van der Waals surface area contributed by atoms with Gasteiger partial charge >= 0.3 is 5.97 Å². The smallest absolute Gasteiger partial charge is 0.341 e. The van der Waals surface area contributed by atoms with Crippen LogP contribution < -0.4 is 10.6 Å². The van der Waals surface area contributed by atoms with Crippen LogP contribution >= 0.6 is 23.6 Å². The molecule has 2 aromatic rings. The van der Waals surface area contributed by atoms with Crippen molar-refractivity contribution in [2.24, 2.45) is 0 Å². The Kier molecular flexibility index (Phi) is 8.07. The summed E-state index contributed by atoms with van der Waals surface area (Å²) in [5.41, 5.74) is 4.09. The average Bonchev–Trinajstić information content (AvgIpc) is 3.02. The molecule has 156 valence electrons. The van der Waals surface area contributed by atoms with Gasteiger partial charge in [-0.25, -0.2) is 4.79 Å². The van der Waals surface area contributed by atoms with Gasteiger partial charge in [-0.15, -0.1) is 11.3 Å². The summed E-state index contributed by atoms with van der Waals surface area (Å²) in [6, 6.07) is 8.25. The highest BCUT2D eigenvalue weighted by Gasteiger charge is 2.25. The van der Waals surface area contributed by atoms with Crippen molar-refractivity contribution in [2.45, 2.75) is 64.7 Å². The molecule has 1 heterocycles. The molecule has 0 saturated heterocycles. The third-order valence-electron chi connectivity index (χ3n) is 5.35. The number of aryl methyl sites for hydroxylation is 2. The number of thiocarbonyl (C=S) groups is 1. The lowest BCUT2D eigenvalue weighted by Gasteiger charge is -2.14. The van der Waals surface area contributed by atoms with Gasteiger partial charge in [0.15, 0.2) is 5.11 Å².